The molecule has 0 spiro atoms. The molecule has 0 saturated carbocycles. The summed E-state index contributed by atoms with van der Waals surface area (Å²) in [4.78, 5) is 12.1. The van der Waals surface area contributed by atoms with Gasteiger partial charge >= 0.3 is 0 Å². The molecule has 0 aliphatic rings. The Morgan fingerprint density at radius 3 is 2.37 bits per heavy atom. The molecule has 1 aromatic heterocycles. The zero-order valence-corrected chi connectivity index (χ0v) is 15.7. The van der Waals surface area contributed by atoms with Crippen molar-refractivity contribution in [1.29, 1.82) is 0 Å². The molecule has 1 heterocycles. The first-order chi connectivity index (χ1) is 14.6. The third-order valence-corrected chi connectivity index (χ3v) is 4.37. The summed E-state index contributed by atoms with van der Waals surface area (Å²) in [7, 11) is 0. The van der Waals surface area contributed by atoms with E-state index in [1.54, 1.807) is 29.1 Å². The lowest BCUT2D eigenvalue weighted by Crippen LogP contribution is -2.18. The monoisotopic (exact) mass is 402 g/mol. The molecule has 0 unspecified atom stereocenters. The van der Waals surface area contributed by atoms with Gasteiger partial charge < -0.3 is 0 Å². The molecular weight excluding hydrogens is 386 g/mol. The van der Waals surface area contributed by atoms with Gasteiger partial charge in [0.05, 0.1) is 17.5 Å². The molecule has 1 amide bonds. The van der Waals surface area contributed by atoms with E-state index in [0.717, 1.165) is 5.69 Å². The number of hydrogen-bond donors (Lipinski definition) is 1. The molecule has 0 atom stereocenters. The van der Waals surface area contributed by atoms with Crippen LogP contribution in [0.3, 0.4) is 0 Å². The van der Waals surface area contributed by atoms with Crippen molar-refractivity contribution in [3.63, 3.8) is 0 Å². The highest BCUT2D eigenvalue weighted by Crippen LogP contribution is 2.23. The summed E-state index contributed by atoms with van der Waals surface area (Å²) in [6, 6.07) is 21.0. The van der Waals surface area contributed by atoms with Crippen molar-refractivity contribution in [1.82, 2.24) is 15.2 Å². The maximum atomic E-state index is 13.7. The number of hydrazone groups is 1. The Morgan fingerprint density at radius 1 is 0.933 bits per heavy atom. The van der Waals surface area contributed by atoms with Crippen molar-refractivity contribution >= 4 is 12.1 Å². The fraction of sp³-hybridized carbons (Fsp3) is 0. The van der Waals surface area contributed by atoms with Crippen LogP contribution in [0.15, 0.2) is 90.2 Å². The van der Waals surface area contributed by atoms with Crippen LogP contribution in [0.25, 0.3) is 16.9 Å². The minimum atomic E-state index is -0.664. The van der Waals surface area contributed by atoms with Crippen LogP contribution in [-0.4, -0.2) is 21.9 Å². The highest BCUT2D eigenvalue weighted by atomic mass is 19.1. The number of carbonyl (C=O) groups excluding carboxylic acids is 1. The van der Waals surface area contributed by atoms with Crippen LogP contribution >= 0.6 is 0 Å². The highest BCUT2D eigenvalue weighted by Gasteiger charge is 2.12. The van der Waals surface area contributed by atoms with E-state index in [0.29, 0.717) is 16.8 Å². The van der Waals surface area contributed by atoms with Crippen LogP contribution in [-0.2, 0) is 0 Å². The third-order valence-electron chi connectivity index (χ3n) is 4.37. The quantitative estimate of drug-likeness (QED) is 0.392. The predicted molar refractivity (Wildman–Crippen MR) is 110 cm³/mol. The van der Waals surface area contributed by atoms with Crippen molar-refractivity contribution in [2.75, 3.05) is 0 Å². The largest absolute Gasteiger partial charge is 0.274 e. The van der Waals surface area contributed by atoms with Gasteiger partial charge in [0.2, 0.25) is 0 Å². The second-order valence-corrected chi connectivity index (χ2v) is 6.40. The van der Waals surface area contributed by atoms with Crippen LogP contribution in [0.1, 0.15) is 15.9 Å². The van der Waals surface area contributed by atoms with Crippen molar-refractivity contribution < 1.29 is 13.6 Å². The van der Waals surface area contributed by atoms with E-state index in [-0.39, 0.29) is 11.4 Å². The number of rotatable bonds is 5. The van der Waals surface area contributed by atoms with Crippen LogP contribution in [0, 0.1) is 11.6 Å². The SMILES string of the molecule is O=C(N/N=C\c1cn(-c2ccccc2)nc1-c1ccc(F)cc1)c1ccccc1F. The lowest BCUT2D eigenvalue weighted by Gasteiger charge is -2.01. The lowest BCUT2D eigenvalue weighted by molar-refractivity contribution is 0.0951. The van der Waals surface area contributed by atoms with Gasteiger partial charge in [-0.3, -0.25) is 4.79 Å². The number of nitrogens with one attached hydrogen (secondary N) is 1. The van der Waals surface area contributed by atoms with Gasteiger partial charge in [0.1, 0.15) is 17.3 Å². The molecule has 0 aliphatic heterocycles. The van der Waals surface area contributed by atoms with Crippen LogP contribution in [0.5, 0.6) is 0 Å². The summed E-state index contributed by atoms with van der Waals surface area (Å²) >= 11 is 0. The molecule has 30 heavy (non-hydrogen) atoms. The van der Waals surface area contributed by atoms with E-state index in [4.69, 9.17) is 0 Å². The third kappa shape index (κ3) is 4.15. The summed E-state index contributed by atoms with van der Waals surface area (Å²) in [5, 5.41) is 8.53. The van der Waals surface area contributed by atoms with Crippen LogP contribution < -0.4 is 5.43 Å². The normalized spacial score (nSPS) is 11.0. The van der Waals surface area contributed by atoms with Gasteiger partial charge in [-0.15, -0.1) is 0 Å². The average molecular weight is 402 g/mol. The highest BCUT2D eigenvalue weighted by molar-refractivity contribution is 5.95. The van der Waals surface area contributed by atoms with Crippen molar-refractivity contribution in [2.24, 2.45) is 5.10 Å². The van der Waals surface area contributed by atoms with Gasteiger partial charge in [-0.1, -0.05) is 30.3 Å². The number of para-hydroxylation sites is 1. The molecule has 0 fully saturated rings. The van der Waals surface area contributed by atoms with Crippen LogP contribution in [0.4, 0.5) is 8.78 Å². The van der Waals surface area contributed by atoms with Crippen molar-refractivity contribution in [3.8, 4) is 16.9 Å². The minimum absolute atomic E-state index is 0.103. The van der Waals surface area contributed by atoms with E-state index in [2.05, 4.69) is 15.6 Å². The summed E-state index contributed by atoms with van der Waals surface area (Å²) in [6.07, 6.45) is 3.16. The first-order valence-corrected chi connectivity index (χ1v) is 9.11. The summed E-state index contributed by atoms with van der Waals surface area (Å²) in [5.41, 5.74) is 4.89. The number of hydrogen-bond acceptors (Lipinski definition) is 3. The average Bonchev–Trinajstić information content (AvgIpc) is 3.19. The Morgan fingerprint density at radius 2 is 1.63 bits per heavy atom. The Labute approximate surface area is 171 Å². The standard InChI is InChI=1S/C23H16F2N4O/c24-18-12-10-16(11-13-18)22-17(15-29(28-22)19-6-2-1-3-7-19)14-26-27-23(30)20-8-4-5-9-21(20)25/h1-15H,(H,27,30)/b26-14-. The molecule has 148 valence electrons. The van der Waals surface area contributed by atoms with Gasteiger partial charge in [0, 0.05) is 17.3 Å². The second kappa shape index (κ2) is 8.48. The summed E-state index contributed by atoms with van der Waals surface area (Å²) in [6.45, 7) is 0. The molecule has 5 nitrogen and oxygen atoms in total. The van der Waals surface area contributed by atoms with Crippen molar-refractivity contribution in [3.05, 3.63) is 108 Å². The summed E-state index contributed by atoms with van der Waals surface area (Å²) < 4.78 is 28.7. The Bertz CT molecular complexity index is 1200. The smallest absolute Gasteiger partial charge is 0.267 e. The van der Waals surface area contributed by atoms with Gasteiger partial charge in [-0.05, 0) is 48.5 Å². The first-order valence-electron chi connectivity index (χ1n) is 9.11. The molecule has 0 bridgehead atoms. The van der Waals surface area contributed by atoms with E-state index >= 15 is 0 Å². The topological polar surface area (TPSA) is 59.3 Å². The van der Waals surface area contributed by atoms with Crippen molar-refractivity contribution in [2.45, 2.75) is 0 Å². The zero-order chi connectivity index (χ0) is 20.9. The number of amides is 1. The first kappa shape index (κ1) is 19.2. The van der Waals surface area contributed by atoms with Crippen LogP contribution in [0.2, 0.25) is 0 Å². The molecule has 0 saturated heterocycles. The Kier molecular flexibility index (Phi) is 5.43. The molecule has 3 aromatic carbocycles. The lowest BCUT2D eigenvalue weighted by atomic mass is 10.1. The number of carbonyl (C=O) groups is 1. The molecule has 0 radical (unpaired) electrons. The number of halogens is 2. The van der Waals surface area contributed by atoms with E-state index in [1.165, 1.54) is 36.5 Å². The molecular formula is C23H16F2N4O. The Balaban J connectivity index is 1.65. The molecule has 0 aliphatic carbocycles. The summed E-state index contributed by atoms with van der Waals surface area (Å²) in [5.74, 6) is -1.65. The molecule has 7 heteroatoms. The zero-order valence-electron chi connectivity index (χ0n) is 15.7. The van der Waals surface area contributed by atoms with E-state index in [1.807, 2.05) is 30.3 Å². The minimum Gasteiger partial charge on any atom is -0.267 e. The maximum Gasteiger partial charge on any atom is 0.274 e. The maximum absolute atomic E-state index is 13.7. The fourth-order valence-electron chi connectivity index (χ4n) is 2.89. The van der Waals surface area contributed by atoms with Gasteiger partial charge in [0.25, 0.3) is 5.91 Å². The van der Waals surface area contributed by atoms with E-state index in [9.17, 15) is 13.6 Å². The van der Waals surface area contributed by atoms with Gasteiger partial charge in [-0.2, -0.15) is 10.2 Å². The molecule has 1 N–H and O–H groups in total. The van der Waals surface area contributed by atoms with Gasteiger partial charge in [0.15, 0.2) is 0 Å². The molecule has 4 aromatic rings. The second-order valence-electron chi connectivity index (χ2n) is 6.40. The number of nitrogens with zero attached hydrogens (tertiary/aromatic N) is 3. The van der Waals surface area contributed by atoms with E-state index < -0.39 is 11.7 Å². The predicted octanol–water partition coefficient (Wildman–Crippen LogP) is 4.58. The fourth-order valence-corrected chi connectivity index (χ4v) is 2.89. The Hall–Kier alpha value is -4.13. The number of benzene rings is 3. The number of aromatic nitrogens is 2. The molecule has 4 rings (SSSR count). The van der Waals surface area contributed by atoms with Gasteiger partial charge in [-0.25, -0.2) is 18.9 Å².